The fourth-order valence-corrected chi connectivity index (χ4v) is 6.30. The topological polar surface area (TPSA) is 44.8 Å². The minimum absolute atomic E-state index is 0.161. The van der Waals surface area contributed by atoms with E-state index < -0.39 is 0 Å². The SMILES string of the molecule is COc1ccccc1N1CCN(CC(CC2CCCCC2)NC(=O)C2(C)CCCCC2)CC1. The Bertz CT molecular complexity index is 747. The summed E-state index contributed by atoms with van der Waals surface area (Å²) in [6.07, 6.45) is 13.7. The van der Waals surface area contributed by atoms with Gasteiger partial charge in [-0.25, -0.2) is 0 Å². The molecule has 1 aromatic rings. The van der Waals surface area contributed by atoms with Crippen molar-refractivity contribution in [2.75, 3.05) is 44.7 Å². The Kier molecular flexibility index (Phi) is 8.56. The molecule has 0 aromatic heterocycles. The highest BCUT2D eigenvalue weighted by atomic mass is 16.5. The third-order valence-electron chi connectivity index (χ3n) is 8.46. The molecule has 0 bridgehead atoms. The molecular weight excluding hydrogens is 410 g/mol. The third kappa shape index (κ3) is 6.44. The lowest BCUT2D eigenvalue weighted by molar-refractivity contribution is -0.133. The van der Waals surface area contributed by atoms with Crippen LogP contribution in [0, 0.1) is 11.3 Å². The Hall–Kier alpha value is -1.75. The summed E-state index contributed by atoms with van der Waals surface area (Å²) in [6.45, 7) is 7.26. The van der Waals surface area contributed by atoms with Crippen molar-refractivity contribution in [1.29, 1.82) is 0 Å². The van der Waals surface area contributed by atoms with Crippen LogP contribution < -0.4 is 15.0 Å². The van der Waals surface area contributed by atoms with Crippen LogP contribution >= 0.6 is 0 Å². The summed E-state index contributed by atoms with van der Waals surface area (Å²) in [5.41, 5.74) is 1.03. The van der Waals surface area contributed by atoms with Gasteiger partial charge in [-0.3, -0.25) is 9.69 Å². The number of amides is 1. The maximum Gasteiger partial charge on any atom is 0.226 e. The van der Waals surface area contributed by atoms with Crippen LogP contribution in [0.2, 0.25) is 0 Å². The monoisotopic (exact) mass is 455 g/mol. The molecule has 4 rings (SSSR count). The standard InChI is InChI=1S/C28H45N3O2/c1-28(15-9-4-10-16-28)27(32)29-24(21-23-11-5-3-6-12-23)22-30-17-19-31(20-18-30)25-13-7-8-14-26(25)33-2/h7-8,13-14,23-24H,3-6,9-12,15-22H2,1-2H3,(H,29,32). The fraction of sp³-hybridized carbons (Fsp3) is 0.750. The van der Waals surface area contributed by atoms with Crippen molar-refractivity contribution in [3.05, 3.63) is 24.3 Å². The van der Waals surface area contributed by atoms with E-state index in [1.807, 2.05) is 12.1 Å². The number of benzene rings is 1. The molecule has 3 aliphatic rings. The first-order valence-electron chi connectivity index (χ1n) is 13.5. The maximum absolute atomic E-state index is 13.4. The zero-order valence-electron chi connectivity index (χ0n) is 21.0. The number of ether oxygens (including phenoxy) is 1. The predicted molar refractivity (Wildman–Crippen MR) is 136 cm³/mol. The molecule has 184 valence electrons. The summed E-state index contributed by atoms with van der Waals surface area (Å²) in [6, 6.07) is 8.60. The minimum atomic E-state index is -0.161. The number of nitrogens with one attached hydrogen (secondary N) is 1. The van der Waals surface area contributed by atoms with Crippen molar-refractivity contribution < 1.29 is 9.53 Å². The average Bonchev–Trinajstić information content (AvgIpc) is 2.85. The van der Waals surface area contributed by atoms with Crippen LogP contribution in [-0.2, 0) is 4.79 Å². The fourth-order valence-electron chi connectivity index (χ4n) is 6.30. The van der Waals surface area contributed by atoms with E-state index in [1.54, 1.807) is 7.11 Å². The highest BCUT2D eigenvalue weighted by Gasteiger charge is 2.36. The Balaban J connectivity index is 1.36. The molecule has 1 saturated heterocycles. The lowest BCUT2D eigenvalue weighted by Crippen LogP contribution is -2.54. The van der Waals surface area contributed by atoms with Crippen LogP contribution in [0.5, 0.6) is 5.75 Å². The molecule has 5 heteroatoms. The molecule has 2 saturated carbocycles. The van der Waals surface area contributed by atoms with E-state index in [1.165, 1.54) is 57.1 Å². The van der Waals surface area contributed by atoms with E-state index in [0.29, 0.717) is 5.91 Å². The zero-order chi connectivity index (χ0) is 23.1. The predicted octanol–water partition coefficient (Wildman–Crippen LogP) is 5.24. The summed E-state index contributed by atoms with van der Waals surface area (Å²) >= 11 is 0. The second-order valence-electron chi connectivity index (χ2n) is 11.0. The number of hydrogen-bond donors (Lipinski definition) is 1. The van der Waals surface area contributed by atoms with E-state index in [2.05, 4.69) is 34.2 Å². The molecule has 1 aromatic carbocycles. The summed E-state index contributed by atoms with van der Waals surface area (Å²) in [5.74, 6) is 2.04. The maximum atomic E-state index is 13.4. The Morgan fingerprint density at radius 2 is 1.70 bits per heavy atom. The molecule has 1 amide bonds. The number of piperazine rings is 1. The van der Waals surface area contributed by atoms with Gasteiger partial charge in [0.1, 0.15) is 5.75 Å². The molecular formula is C28H45N3O2. The number of anilines is 1. The Morgan fingerprint density at radius 1 is 1.03 bits per heavy atom. The lowest BCUT2D eigenvalue weighted by Gasteiger charge is -2.40. The lowest BCUT2D eigenvalue weighted by atomic mass is 9.74. The first-order valence-corrected chi connectivity index (χ1v) is 13.5. The molecule has 1 unspecified atom stereocenters. The molecule has 1 N–H and O–H groups in total. The number of para-hydroxylation sites is 2. The number of nitrogens with zero attached hydrogens (tertiary/aromatic N) is 2. The van der Waals surface area contributed by atoms with Gasteiger partial charge in [0, 0.05) is 44.2 Å². The highest BCUT2D eigenvalue weighted by Crippen LogP contribution is 2.36. The van der Waals surface area contributed by atoms with Crippen LogP contribution in [0.1, 0.15) is 77.6 Å². The molecule has 0 radical (unpaired) electrons. The molecule has 3 fully saturated rings. The molecule has 2 aliphatic carbocycles. The van der Waals surface area contributed by atoms with Gasteiger partial charge in [0.2, 0.25) is 5.91 Å². The first-order chi connectivity index (χ1) is 16.1. The van der Waals surface area contributed by atoms with Crippen LogP contribution in [0.3, 0.4) is 0 Å². The van der Waals surface area contributed by atoms with Crippen molar-refractivity contribution in [2.45, 2.75) is 83.6 Å². The van der Waals surface area contributed by atoms with Crippen LogP contribution in [0.15, 0.2) is 24.3 Å². The molecule has 1 aliphatic heterocycles. The smallest absolute Gasteiger partial charge is 0.226 e. The highest BCUT2D eigenvalue weighted by molar-refractivity contribution is 5.82. The van der Waals surface area contributed by atoms with E-state index in [-0.39, 0.29) is 11.5 Å². The van der Waals surface area contributed by atoms with Gasteiger partial charge >= 0.3 is 0 Å². The van der Waals surface area contributed by atoms with Crippen molar-refractivity contribution in [2.24, 2.45) is 11.3 Å². The number of carbonyl (C=O) groups excluding carboxylic acids is 1. The molecule has 1 heterocycles. The Labute approximate surface area is 201 Å². The van der Waals surface area contributed by atoms with E-state index in [4.69, 9.17) is 4.74 Å². The van der Waals surface area contributed by atoms with Crippen molar-refractivity contribution in [3.63, 3.8) is 0 Å². The average molecular weight is 456 g/mol. The van der Waals surface area contributed by atoms with Crippen molar-refractivity contribution in [3.8, 4) is 5.75 Å². The Morgan fingerprint density at radius 3 is 2.39 bits per heavy atom. The summed E-state index contributed by atoms with van der Waals surface area (Å²) in [5, 5.41) is 3.57. The zero-order valence-corrected chi connectivity index (χ0v) is 21.0. The molecule has 5 nitrogen and oxygen atoms in total. The van der Waals surface area contributed by atoms with Crippen LogP contribution in [-0.4, -0.2) is 56.7 Å². The van der Waals surface area contributed by atoms with Crippen LogP contribution in [0.4, 0.5) is 5.69 Å². The summed E-state index contributed by atoms with van der Waals surface area (Å²) in [7, 11) is 1.75. The summed E-state index contributed by atoms with van der Waals surface area (Å²) < 4.78 is 5.58. The van der Waals surface area contributed by atoms with Gasteiger partial charge in [0.15, 0.2) is 0 Å². The van der Waals surface area contributed by atoms with Gasteiger partial charge in [-0.2, -0.15) is 0 Å². The van der Waals surface area contributed by atoms with Gasteiger partial charge in [-0.05, 0) is 37.3 Å². The minimum Gasteiger partial charge on any atom is -0.495 e. The van der Waals surface area contributed by atoms with Gasteiger partial charge in [0.25, 0.3) is 0 Å². The number of rotatable bonds is 8. The first kappa shape index (κ1) is 24.4. The van der Waals surface area contributed by atoms with Gasteiger partial charge in [-0.1, -0.05) is 70.4 Å². The third-order valence-corrected chi connectivity index (χ3v) is 8.46. The van der Waals surface area contributed by atoms with Crippen molar-refractivity contribution >= 4 is 11.6 Å². The van der Waals surface area contributed by atoms with Crippen LogP contribution in [0.25, 0.3) is 0 Å². The van der Waals surface area contributed by atoms with E-state index >= 15 is 0 Å². The second kappa shape index (κ2) is 11.6. The second-order valence-corrected chi connectivity index (χ2v) is 11.0. The van der Waals surface area contributed by atoms with Gasteiger partial charge in [-0.15, -0.1) is 0 Å². The number of hydrogen-bond acceptors (Lipinski definition) is 4. The quantitative estimate of drug-likeness (QED) is 0.582. The van der Waals surface area contributed by atoms with E-state index in [0.717, 1.165) is 63.7 Å². The molecule has 1 atom stereocenters. The number of methoxy groups -OCH3 is 1. The van der Waals surface area contributed by atoms with Gasteiger partial charge in [0.05, 0.1) is 12.8 Å². The van der Waals surface area contributed by atoms with E-state index in [9.17, 15) is 4.79 Å². The van der Waals surface area contributed by atoms with Gasteiger partial charge < -0.3 is 15.0 Å². The molecule has 33 heavy (non-hydrogen) atoms. The van der Waals surface area contributed by atoms with Crippen molar-refractivity contribution in [1.82, 2.24) is 10.2 Å². The number of carbonyl (C=O) groups is 1. The summed E-state index contributed by atoms with van der Waals surface area (Å²) in [4.78, 5) is 18.4. The largest absolute Gasteiger partial charge is 0.495 e. The normalized spacial score (nSPS) is 23.2. The molecule has 0 spiro atoms.